The maximum absolute atomic E-state index is 13.1. The van der Waals surface area contributed by atoms with E-state index in [0.717, 1.165) is 0 Å². The van der Waals surface area contributed by atoms with Gasteiger partial charge in [-0.05, 0) is 19.9 Å². The minimum absolute atomic E-state index is 0.147. The van der Waals surface area contributed by atoms with Gasteiger partial charge in [-0.3, -0.25) is 0 Å². The Labute approximate surface area is 79.5 Å². The monoisotopic (exact) mass is 202 g/mol. The number of halogens is 3. The molecule has 0 saturated heterocycles. The standard InChI is InChI=1S/C10H9F3O/c1-10(2,5-14)6-3-8(12)9(13)4-7(6)11/h3-5H,1-2H3. The van der Waals surface area contributed by atoms with E-state index in [1.54, 1.807) is 0 Å². The number of carbonyl (C=O) groups excluding carboxylic acids is 1. The molecule has 0 aliphatic carbocycles. The van der Waals surface area contributed by atoms with Gasteiger partial charge >= 0.3 is 0 Å². The second-order valence-corrected chi connectivity index (χ2v) is 3.59. The molecule has 4 heteroatoms. The van der Waals surface area contributed by atoms with E-state index >= 15 is 0 Å². The van der Waals surface area contributed by atoms with Gasteiger partial charge in [-0.15, -0.1) is 0 Å². The summed E-state index contributed by atoms with van der Waals surface area (Å²) in [6.45, 7) is 2.85. The molecule has 0 N–H and O–H groups in total. The molecule has 0 amide bonds. The van der Waals surface area contributed by atoms with Crippen molar-refractivity contribution in [3.63, 3.8) is 0 Å². The number of aldehydes is 1. The SMILES string of the molecule is CC(C)(C=O)c1cc(F)c(F)cc1F. The number of hydrogen-bond donors (Lipinski definition) is 0. The van der Waals surface area contributed by atoms with E-state index in [-0.39, 0.29) is 5.56 Å². The fourth-order valence-electron chi connectivity index (χ4n) is 1.08. The summed E-state index contributed by atoms with van der Waals surface area (Å²) >= 11 is 0. The smallest absolute Gasteiger partial charge is 0.161 e. The van der Waals surface area contributed by atoms with E-state index in [2.05, 4.69) is 0 Å². The number of hydrogen-bond acceptors (Lipinski definition) is 1. The molecule has 0 unspecified atom stereocenters. The average Bonchev–Trinajstić information content (AvgIpc) is 2.11. The molecule has 1 nitrogen and oxygen atoms in total. The van der Waals surface area contributed by atoms with Crippen molar-refractivity contribution in [2.24, 2.45) is 0 Å². The molecule has 0 radical (unpaired) electrons. The van der Waals surface area contributed by atoms with Crippen molar-refractivity contribution in [1.29, 1.82) is 0 Å². The van der Waals surface area contributed by atoms with Crippen LogP contribution in [0.1, 0.15) is 19.4 Å². The van der Waals surface area contributed by atoms with Crippen LogP contribution in [-0.2, 0) is 10.2 Å². The Morgan fingerprint density at radius 3 is 2.07 bits per heavy atom. The van der Waals surface area contributed by atoms with Gasteiger partial charge in [0.15, 0.2) is 11.6 Å². The zero-order chi connectivity index (χ0) is 10.9. The lowest BCUT2D eigenvalue weighted by Crippen LogP contribution is -2.21. The highest BCUT2D eigenvalue weighted by Crippen LogP contribution is 2.25. The normalized spacial score (nSPS) is 11.5. The predicted molar refractivity (Wildman–Crippen MR) is 45.4 cm³/mol. The average molecular weight is 202 g/mol. The van der Waals surface area contributed by atoms with E-state index in [0.29, 0.717) is 18.4 Å². The van der Waals surface area contributed by atoms with E-state index in [9.17, 15) is 18.0 Å². The van der Waals surface area contributed by atoms with Crippen molar-refractivity contribution < 1.29 is 18.0 Å². The van der Waals surface area contributed by atoms with Crippen LogP contribution in [0.3, 0.4) is 0 Å². The maximum atomic E-state index is 13.1. The maximum Gasteiger partial charge on any atom is 0.161 e. The van der Waals surface area contributed by atoms with Crippen molar-refractivity contribution in [3.05, 3.63) is 35.1 Å². The lowest BCUT2D eigenvalue weighted by molar-refractivity contribution is -0.111. The Kier molecular flexibility index (Phi) is 2.64. The Hall–Kier alpha value is -1.32. The Morgan fingerprint density at radius 1 is 1.07 bits per heavy atom. The van der Waals surface area contributed by atoms with Crippen LogP contribution >= 0.6 is 0 Å². The molecular formula is C10H9F3O. The third-order valence-corrected chi connectivity index (χ3v) is 2.00. The molecule has 76 valence electrons. The molecule has 0 atom stereocenters. The lowest BCUT2D eigenvalue weighted by atomic mass is 9.86. The Balaban J connectivity index is 3.36. The van der Waals surface area contributed by atoms with Crippen molar-refractivity contribution >= 4 is 6.29 Å². The first kappa shape index (κ1) is 10.8. The molecule has 0 spiro atoms. The van der Waals surface area contributed by atoms with Crippen LogP contribution in [0.25, 0.3) is 0 Å². The first-order valence-electron chi connectivity index (χ1n) is 4.00. The molecule has 1 aromatic rings. The summed E-state index contributed by atoms with van der Waals surface area (Å²) in [5.41, 5.74) is -1.30. The van der Waals surface area contributed by atoms with Crippen LogP contribution in [0.5, 0.6) is 0 Å². The second kappa shape index (κ2) is 3.44. The zero-order valence-electron chi connectivity index (χ0n) is 7.77. The Bertz CT molecular complexity index is 372. The van der Waals surface area contributed by atoms with Crippen LogP contribution in [0, 0.1) is 17.5 Å². The fraction of sp³-hybridized carbons (Fsp3) is 0.300. The highest BCUT2D eigenvalue weighted by atomic mass is 19.2. The molecule has 0 bridgehead atoms. The van der Waals surface area contributed by atoms with Crippen LogP contribution < -0.4 is 0 Å². The summed E-state index contributed by atoms with van der Waals surface area (Å²) in [6, 6.07) is 1.15. The molecular weight excluding hydrogens is 193 g/mol. The van der Waals surface area contributed by atoms with Gasteiger partial charge in [0.25, 0.3) is 0 Å². The largest absolute Gasteiger partial charge is 0.302 e. The van der Waals surface area contributed by atoms with Crippen LogP contribution in [-0.4, -0.2) is 6.29 Å². The first-order valence-corrected chi connectivity index (χ1v) is 4.00. The zero-order valence-corrected chi connectivity index (χ0v) is 7.77. The molecule has 1 aromatic carbocycles. The molecule has 0 heterocycles. The van der Waals surface area contributed by atoms with Crippen LogP contribution in [0.2, 0.25) is 0 Å². The van der Waals surface area contributed by atoms with Gasteiger partial charge in [-0.25, -0.2) is 13.2 Å². The minimum atomic E-state index is -1.26. The van der Waals surface area contributed by atoms with Crippen LogP contribution in [0.4, 0.5) is 13.2 Å². The van der Waals surface area contributed by atoms with E-state index in [1.807, 2.05) is 0 Å². The topological polar surface area (TPSA) is 17.1 Å². The number of benzene rings is 1. The number of carbonyl (C=O) groups is 1. The molecule has 0 fully saturated rings. The third kappa shape index (κ3) is 1.78. The summed E-state index contributed by atoms with van der Waals surface area (Å²) in [4.78, 5) is 10.6. The van der Waals surface area contributed by atoms with Gasteiger partial charge < -0.3 is 4.79 Å². The quantitative estimate of drug-likeness (QED) is 0.532. The van der Waals surface area contributed by atoms with E-state index in [1.165, 1.54) is 13.8 Å². The van der Waals surface area contributed by atoms with Gasteiger partial charge in [0, 0.05) is 17.0 Å². The molecule has 1 rings (SSSR count). The Morgan fingerprint density at radius 2 is 1.57 bits per heavy atom. The minimum Gasteiger partial charge on any atom is -0.302 e. The summed E-state index contributed by atoms with van der Waals surface area (Å²) in [5, 5.41) is 0. The van der Waals surface area contributed by atoms with Gasteiger partial charge in [-0.1, -0.05) is 0 Å². The predicted octanol–water partition coefficient (Wildman–Crippen LogP) is 2.58. The van der Waals surface area contributed by atoms with Crippen LogP contribution in [0.15, 0.2) is 12.1 Å². The third-order valence-electron chi connectivity index (χ3n) is 2.00. The van der Waals surface area contributed by atoms with Crippen molar-refractivity contribution in [1.82, 2.24) is 0 Å². The van der Waals surface area contributed by atoms with Gasteiger partial charge in [0.05, 0.1) is 0 Å². The van der Waals surface area contributed by atoms with Gasteiger partial charge in [0.2, 0.25) is 0 Å². The molecule has 0 aliphatic heterocycles. The lowest BCUT2D eigenvalue weighted by Gasteiger charge is -2.18. The van der Waals surface area contributed by atoms with Gasteiger partial charge in [-0.2, -0.15) is 0 Å². The molecule has 14 heavy (non-hydrogen) atoms. The first-order chi connectivity index (χ1) is 6.38. The highest BCUT2D eigenvalue weighted by molar-refractivity contribution is 5.67. The fourth-order valence-corrected chi connectivity index (χ4v) is 1.08. The highest BCUT2D eigenvalue weighted by Gasteiger charge is 2.25. The summed E-state index contributed by atoms with van der Waals surface area (Å²) in [7, 11) is 0. The van der Waals surface area contributed by atoms with Gasteiger partial charge in [0.1, 0.15) is 12.1 Å². The van der Waals surface area contributed by atoms with E-state index in [4.69, 9.17) is 0 Å². The van der Waals surface area contributed by atoms with E-state index < -0.39 is 22.9 Å². The second-order valence-electron chi connectivity index (χ2n) is 3.59. The molecule has 0 aliphatic rings. The summed E-state index contributed by atoms with van der Waals surface area (Å²) in [6.07, 6.45) is 0.489. The van der Waals surface area contributed by atoms with Crippen molar-refractivity contribution in [2.45, 2.75) is 19.3 Å². The number of rotatable bonds is 2. The van der Waals surface area contributed by atoms with Crippen molar-refractivity contribution in [3.8, 4) is 0 Å². The molecule has 0 saturated carbocycles. The molecule has 0 aromatic heterocycles. The van der Waals surface area contributed by atoms with Crippen molar-refractivity contribution in [2.75, 3.05) is 0 Å². The summed E-state index contributed by atoms with van der Waals surface area (Å²) in [5.74, 6) is -3.33. The summed E-state index contributed by atoms with van der Waals surface area (Å²) < 4.78 is 38.5.